The molecular formula is C16H23F3N4O. The topological polar surface area (TPSA) is 71.2 Å². The van der Waals surface area contributed by atoms with Gasteiger partial charge in [0.2, 0.25) is 5.91 Å². The number of amides is 1. The van der Waals surface area contributed by atoms with E-state index in [1.165, 1.54) is 6.07 Å². The predicted molar refractivity (Wildman–Crippen MR) is 85.4 cm³/mol. The second kappa shape index (κ2) is 7.38. The Hall–Kier alpha value is -1.83. The minimum absolute atomic E-state index is 0.0352. The van der Waals surface area contributed by atoms with Crippen molar-refractivity contribution in [2.24, 2.45) is 11.7 Å². The molecule has 0 radical (unpaired) electrons. The highest BCUT2D eigenvalue weighted by Crippen LogP contribution is 2.29. The van der Waals surface area contributed by atoms with Crippen molar-refractivity contribution in [3.8, 4) is 0 Å². The van der Waals surface area contributed by atoms with Crippen molar-refractivity contribution in [3.05, 3.63) is 23.9 Å². The third-order valence-corrected chi connectivity index (χ3v) is 4.26. The summed E-state index contributed by atoms with van der Waals surface area (Å²) in [4.78, 5) is 17.8. The lowest BCUT2D eigenvalue weighted by atomic mass is 10.0. The number of hydrogen-bond acceptors (Lipinski definition) is 4. The zero-order valence-corrected chi connectivity index (χ0v) is 13.8. The summed E-state index contributed by atoms with van der Waals surface area (Å²) in [6.07, 6.45) is -2.11. The first-order chi connectivity index (χ1) is 11.2. The molecule has 8 heteroatoms. The number of carbonyl (C=O) groups excluding carboxylic acids is 1. The maximum Gasteiger partial charge on any atom is 0.417 e. The first-order valence-electron chi connectivity index (χ1n) is 8.02. The van der Waals surface area contributed by atoms with Gasteiger partial charge in [-0.05, 0) is 30.9 Å². The zero-order chi connectivity index (χ0) is 17.9. The van der Waals surface area contributed by atoms with Crippen molar-refractivity contribution in [2.45, 2.75) is 44.9 Å². The number of nitrogens with two attached hydrogens (primary N) is 1. The zero-order valence-electron chi connectivity index (χ0n) is 13.8. The average molecular weight is 344 g/mol. The third kappa shape index (κ3) is 4.59. The van der Waals surface area contributed by atoms with Gasteiger partial charge in [0.25, 0.3) is 0 Å². The molecule has 1 aromatic rings. The summed E-state index contributed by atoms with van der Waals surface area (Å²) < 4.78 is 37.7. The van der Waals surface area contributed by atoms with Crippen molar-refractivity contribution in [3.63, 3.8) is 0 Å². The van der Waals surface area contributed by atoms with E-state index in [0.717, 1.165) is 12.3 Å². The molecule has 0 aliphatic carbocycles. The van der Waals surface area contributed by atoms with Gasteiger partial charge in [0.15, 0.2) is 0 Å². The van der Waals surface area contributed by atoms with Crippen molar-refractivity contribution in [1.82, 2.24) is 10.3 Å². The highest BCUT2D eigenvalue weighted by molar-refractivity contribution is 5.82. The second-order valence-electron chi connectivity index (χ2n) is 6.44. The van der Waals surface area contributed by atoms with Crippen LogP contribution in [-0.4, -0.2) is 36.1 Å². The quantitative estimate of drug-likeness (QED) is 0.878. The van der Waals surface area contributed by atoms with Gasteiger partial charge < -0.3 is 16.0 Å². The van der Waals surface area contributed by atoms with Crippen molar-refractivity contribution >= 4 is 11.7 Å². The molecule has 1 saturated heterocycles. The van der Waals surface area contributed by atoms with Crippen LogP contribution >= 0.6 is 0 Å². The third-order valence-electron chi connectivity index (χ3n) is 4.26. The molecule has 0 saturated carbocycles. The van der Waals surface area contributed by atoms with Gasteiger partial charge in [-0.2, -0.15) is 13.2 Å². The maximum absolute atomic E-state index is 12.6. The molecule has 2 heterocycles. The molecule has 0 unspecified atom stereocenters. The van der Waals surface area contributed by atoms with E-state index in [9.17, 15) is 18.0 Å². The summed E-state index contributed by atoms with van der Waals surface area (Å²) in [6, 6.07) is 1.93. The highest BCUT2D eigenvalue weighted by atomic mass is 19.4. The molecular weight excluding hydrogens is 321 g/mol. The number of pyridine rings is 1. The monoisotopic (exact) mass is 344 g/mol. The van der Waals surface area contributed by atoms with Gasteiger partial charge in [-0.15, -0.1) is 0 Å². The summed E-state index contributed by atoms with van der Waals surface area (Å²) >= 11 is 0. The van der Waals surface area contributed by atoms with Gasteiger partial charge in [-0.3, -0.25) is 4.79 Å². The Morgan fingerprint density at radius 3 is 2.42 bits per heavy atom. The van der Waals surface area contributed by atoms with Gasteiger partial charge in [-0.1, -0.05) is 13.8 Å². The molecule has 1 fully saturated rings. The first kappa shape index (κ1) is 18.5. The second-order valence-corrected chi connectivity index (χ2v) is 6.44. The van der Waals surface area contributed by atoms with E-state index in [2.05, 4.69) is 10.3 Å². The van der Waals surface area contributed by atoms with Gasteiger partial charge in [-0.25, -0.2) is 4.98 Å². The van der Waals surface area contributed by atoms with Crippen molar-refractivity contribution in [1.29, 1.82) is 0 Å². The van der Waals surface area contributed by atoms with Crippen molar-refractivity contribution < 1.29 is 18.0 Å². The van der Waals surface area contributed by atoms with Crippen LogP contribution in [0.4, 0.5) is 19.0 Å². The average Bonchev–Trinajstić information content (AvgIpc) is 2.54. The molecule has 1 aliphatic heterocycles. The molecule has 134 valence electrons. The van der Waals surface area contributed by atoms with Gasteiger partial charge >= 0.3 is 6.18 Å². The summed E-state index contributed by atoms with van der Waals surface area (Å²) in [5.41, 5.74) is 5.07. The number of rotatable bonds is 4. The molecule has 24 heavy (non-hydrogen) atoms. The van der Waals surface area contributed by atoms with Crippen LogP contribution in [0.3, 0.4) is 0 Å². The molecule has 0 aromatic carbocycles. The van der Waals surface area contributed by atoms with Gasteiger partial charge in [0.1, 0.15) is 5.82 Å². The Morgan fingerprint density at radius 2 is 1.96 bits per heavy atom. The van der Waals surface area contributed by atoms with Crippen LogP contribution in [-0.2, 0) is 11.0 Å². The summed E-state index contributed by atoms with van der Waals surface area (Å²) in [5.74, 6) is 0.434. The minimum Gasteiger partial charge on any atom is -0.356 e. The van der Waals surface area contributed by atoms with Gasteiger partial charge in [0, 0.05) is 25.3 Å². The highest BCUT2D eigenvalue weighted by Gasteiger charge is 2.31. The summed E-state index contributed by atoms with van der Waals surface area (Å²) in [6.45, 7) is 5.03. The molecule has 2 rings (SSSR count). The lowest BCUT2D eigenvalue weighted by molar-refractivity contribution is -0.137. The molecule has 5 nitrogen and oxygen atoms in total. The van der Waals surface area contributed by atoms with Crippen LogP contribution in [0.5, 0.6) is 0 Å². The molecule has 1 aromatic heterocycles. The van der Waals surface area contributed by atoms with E-state index in [1.807, 2.05) is 18.7 Å². The van der Waals surface area contributed by atoms with E-state index in [0.29, 0.717) is 31.7 Å². The van der Waals surface area contributed by atoms with E-state index >= 15 is 0 Å². The molecule has 3 N–H and O–H groups in total. The first-order valence-corrected chi connectivity index (χ1v) is 8.02. The van der Waals surface area contributed by atoms with E-state index in [4.69, 9.17) is 5.73 Å². The fourth-order valence-corrected chi connectivity index (χ4v) is 2.59. The molecule has 1 aliphatic rings. The maximum atomic E-state index is 12.6. The lowest BCUT2D eigenvalue weighted by Crippen LogP contribution is -2.51. The number of piperidine rings is 1. The van der Waals surface area contributed by atoms with Crippen LogP contribution in [0.15, 0.2) is 18.3 Å². The fourth-order valence-electron chi connectivity index (χ4n) is 2.59. The number of hydrogen-bond donors (Lipinski definition) is 2. The SMILES string of the molecule is CC(C)[C@H](N)C(=O)NC1CCN(c2ccc(C(F)(F)F)cn2)CC1. The summed E-state index contributed by atoms with van der Waals surface area (Å²) in [5, 5.41) is 2.94. The molecule has 1 atom stereocenters. The summed E-state index contributed by atoms with van der Waals surface area (Å²) in [7, 11) is 0. The van der Waals surface area contributed by atoms with E-state index in [-0.39, 0.29) is 17.9 Å². The molecule has 0 bridgehead atoms. The number of nitrogens with zero attached hydrogens (tertiary/aromatic N) is 2. The normalized spacial score (nSPS) is 17.9. The Morgan fingerprint density at radius 1 is 1.33 bits per heavy atom. The number of carbonyl (C=O) groups is 1. The molecule has 1 amide bonds. The number of anilines is 1. The number of alkyl halides is 3. The van der Waals surface area contributed by atoms with E-state index in [1.54, 1.807) is 0 Å². The Kier molecular flexibility index (Phi) is 5.69. The number of aromatic nitrogens is 1. The molecule has 0 spiro atoms. The van der Waals surface area contributed by atoms with E-state index < -0.39 is 17.8 Å². The minimum atomic E-state index is -4.38. The Bertz CT molecular complexity index is 551. The van der Waals surface area contributed by atoms with Crippen LogP contribution < -0.4 is 16.0 Å². The standard InChI is InChI=1S/C16H23F3N4O/c1-10(2)14(20)15(24)22-12-5-7-23(8-6-12)13-4-3-11(9-21-13)16(17,18)19/h3-4,9-10,12,14H,5-8,20H2,1-2H3,(H,22,24)/t14-/m0/s1. The lowest BCUT2D eigenvalue weighted by Gasteiger charge is -2.33. The van der Waals surface area contributed by atoms with Crippen LogP contribution in [0, 0.1) is 5.92 Å². The van der Waals surface area contributed by atoms with Gasteiger partial charge in [0.05, 0.1) is 11.6 Å². The van der Waals surface area contributed by atoms with Crippen LogP contribution in [0.25, 0.3) is 0 Å². The number of nitrogens with one attached hydrogen (secondary N) is 1. The number of halogens is 3. The smallest absolute Gasteiger partial charge is 0.356 e. The Labute approximate surface area is 139 Å². The largest absolute Gasteiger partial charge is 0.417 e. The van der Waals surface area contributed by atoms with Crippen LogP contribution in [0.1, 0.15) is 32.3 Å². The fraction of sp³-hybridized carbons (Fsp3) is 0.625. The van der Waals surface area contributed by atoms with Crippen LogP contribution in [0.2, 0.25) is 0 Å². The van der Waals surface area contributed by atoms with Crippen molar-refractivity contribution in [2.75, 3.05) is 18.0 Å². The Balaban J connectivity index is 1.87. The predicted octanol–water partition coefficient (Wildman–Crippen LogP) is 2.17.